The summed E-state index contributed by atoms with van der Waals surface area (Å²) in [6.45, 7) is 10.8. The van der Waals surface area contributed by atoms with Gasteiger partial charge in [-0.25, -0.2) is 0 Å². The van der Waals surface area contributed by atoms with Gasteiger partial charge in [0.25, 0.3) is 0 Å². The molecule has 1 N–H and O–H groups in total. The quantitative estimate of drug-likeness (QED) is 0.837. The van der Waals surface area contributed by atoms with E-state index in [4.69, 9.17) is 0 Å². The van der Waals surface area contributed by atoms with Crippen molar-refractivity contribution in [2.75, 3.05) is 0 Å². The summed E-state index contributed by atoms with van der Waals surface area (Å²) < 4.78 is 0. The third-order valence-corrected chi connectivity index (χ3v) is 3.32. The predicted molar refractivity (Wildman–Crippen MR) is 74.3 cm³/mol. The molecule has 0 aliphatic rings. The first-order chi connectivity index (χ1) is 7.80. The zero-order valence-corrected chi connectivity index (χ0v) is 11.8. The molecule has 0 radical (unpaired) electrons. The maximum Gasteiger partial charge on any atom is 0.0566 e. The van der Waals surface area contributed by atoms with Gasteiger partial charge in [-0.1, -0.05) is 58.9 Å². The highest BCUT2D eigenvalue weighted by Gasteiger charge is 2.13. The van der Waals surface area contributed by atoms with Crippen molar-refractivity contribution < 1.29 is 5.11 Å². The lowest BCUT2D eigenvalue weighted by molar-refractivity contribution is 0.116. The smallest absolute Gasteiger partial charge is 0.0566 e. The van der Waals surface area contributed by atoms with E-state index in [0.717, 1.165) is 12.8 Å². The molecule has 1 nitrogen and oxygen atoms in total. The van der Waals surface area contributed by atoms with Crippen molar-refractivity contribution in [3.05, 3.63) is 35.4 Å². The largest absolute Gasteiger partial charge is 0.393 e. The standard InChI is InChI=1S/C16H26O/c1-12(2)15(17)11-8-13-6-9-14(10-7-13)16(3,4)5/h6-7,9-10,12,15,17H,8,11H2,1-5H3. The van der Waals surface area contributed by atoms with Gasteiger partial charge in [0.2, 0.25) is 0 Å². The number of aryl methyl sites for hydroxylation is 1. The molecule has 0 fully saturated rings. The molecule has 0 amide bonds. The molecule has 0 bridgehead atoms. The van der Waals surface area contributed by atoms with Gasteiger partial charge in [-0.3, -0.25) is 0 Å². The Kier molecular flexibility index (Phi) is 4.76. The lowest BCUT2D eigenvalue weighted by Crippen LogP contribution is -2.15. The number of benzene rings is 1. The van der Waals surface area contributed by atoms with E-state index >= 15 is 0 Å². The number of aliphatic hydroxyl groups excluding tert-OH is 1. The molecule has 1 unspecified atom stereocenters. The molecule has 1 aromatic carbocycles. The Morgan fingerprint density at radius 3 is 2.00 bits per heavy atom. The van der Waals surface area contributed by atoms with Gasteiger partial charge in [-0.05, 0) is 35.3 Å². The summed E-state index contributed by atoms with van der Waals surface area (Å²) in [5.41, 5.74) is 2.90. The summed E-state index contributed by atoms with van der Waals surface area (Å²) in [7, 11) is 0. The second-order valence-corrected chi connectivity index (χ2v) is 6.30. The molecule has 0 heterocycles. The van der Waals surface area contributed by atoms with Crippen LogP contribution in [0, 0.1) is 5.92 Å². The maximum atomic E-state index is 9.77. The molecule has 0 aliphatic heterocycles. The fourth-order valence-corrected chi connectivity index (χ4v) is 1.82. The van der Waals surface area contributed by atoms with Crippen LogP contribution in [-0.2, 0) is 11.8 Å². The summed E-state index contributed by atoms with van der Waals surface area (Å²) in [6, 6.07) is 8.79. The van der Waals surface area contributed by atoms with Crippen LogP contribution < -0.4 is 0 Å². The topological polar surface area (TPSA) is 20.2 Å². The Balaban J connectivity index is 2.57. The molecule has 0 saturated heterocycles. The first-order valence-electron chi connectivity index (χ1n) is 6.58. The van der Waals surface area contributed by atoms with Crippen LogP contribution in [0.15, 0.2) is 24.3 Å². The summed E-state index contributed by atoms with van der Waals surface area (Å²) >= 11 is 0. The normalized spacial score (nSPS) is 14.1. The van der Waals surface area contributed by atoms with E-state index in [0.29, 0.717) is 5.92 Å². The van der Waals surface area contributed by atoms with Crippen LogP contribution in [0.2, 0.25) is 0 Å². The highest BCUT2D eigenvalue weighted by molar-refractivity contribution is 5.27. The van der Waals surface area contributed by atoms with Gasteiger partial charge in [0.05, 0.1) is 6.10 Å². The van der Waals surface area contributed by atoms with Crippen molar-refractivity contribution in [3.8, 4) is 0 Å². The Morgan fingerprint density at radius 2 is 1.59 bits per heavy atom. The van der Waals surface area contributed by atoms with Gasteiger partial charge < -0.3 is 5.11 Å². The first-order valence-corrected chi connectivity index (χ1v) is 6.58. The van der Waals surface area contributed by atoms with Gasteiger partial charge in [0, 0.05) is 0 Å². The van der Waals surface area contributed by atoms with Crippen LogP contribution in [0.4, 0.5) is 0 Å². The zero-order valence-electron chi connectivity index (χ0n) is 11.8. The van der Waals surface area contributed by atoms with Gasteiger partial charge in [-0.15, -0.1) is 0 Å². The van der Waals surface area contributed by atoms with E-state index in [1.54, 1.807) is 0 Å². The monoisotopic (exact) mass is 234 g/mol. The molecular weight excluding hydrogens is 208 g/mol. The summed E-state index contributed by atoms with van der Waals surface area (Å²) in [4.78, 5) is 0. The van der Waals surface area contributed by atoms with E-state index in [1.807, 2.05) is 0 Å². The minimum atomic E-state index is -0.183. The number of rotatable bonds is 4. The molecule has 17 heavy (non-hydrogen) atoms. The van der Waals surface area contributed by atoms with Crippen LogP contribution in [-0.4, -0.2) is 11.2 Å². The Morgan fingerprint density at radius 1 is 1.06 bits per heavy atom. The summed E-state index contributed by atoms with van der Waals surface area (Å²) in [5, 5.41) is 9.77. The van der Waals surface area contributed by atoms with Gasteiger partial charge >= 0.3 is 0 Å². The van der Waals surface area contributed by atoms with Crippen LogP contribution in [0.1, 0.15) is 52.2 Å². The van der Waals surface area contributed by atoms with Crippen molar-refractivity contribution in [3.63, 3.8) is 0 Å². The minimum Gasteiger partial charge on any atom is -0.393 e. The minimum absolute atomic E-state index is 0.183. The van der Waals surface area contributed by atoms with Gasteiger partial charge in [0.1, 0.15) is 0 Å². The Labute approximate surface area is 106 Å². The maximum absolute atomic E-state index is 9.77. The van der Waals surface area contributed by atoms with Crippen molar-refractivity contribution >= 4 is 0 Å². The highest BCUT2D eigenvalue weighted by atomic mass is 16.3. The lowest BCUT2D eigenvalue weighted by Gasteiger charge is -2.19. The summed E-state index contributed by atoms with van der Waals surface area (Å²) in [5.74, 6) is 0.351. The second kappa shape index (κ2) is 5.68. The van der Waals surface area contributed by atoms with Crippen molar-refractivity contribution in [1.29, 1.82) is 0 Å². The summed E-state index contributed by atoms with van der Waals surface area (Å²) in [6.07, 6.45) is 1.63. The molecule has 1 heteroatoms. The fraction of sp³-hybridized carbons (Fsp3) is 0.625. The SMILES string of the molecule is CC(C)C(O)CCc1ccc(C(C)(C)C)cc1. The molecule has 1 rings (SSSR count). The molecule has 0 aromatic heterocycles. The number of hydrogen-bond acceptors (Lipinski definition) is 1. The van der Waals surface area contributed by atoms with Crippen molar-refractivity contribution in [1.82, 2.24) is 0 Å². The average Bonchev–Trinajstić information content (AvgIpc) is 2.25. The van der Waals surface area contributed by atoms with Crippen LogP contribution >= 0.6 is 0 Å². The second-order valence-electron chi connectivity index (χ2n) is 6.30. The van der Waals surface area contributed by atoms with E-state index in [-0.39, 0.29) is 11.5 Å². The van der Waals surface area contributed by atoms with Crippen LogP contribution in [0.5, 0.6) is 0 Å². The molecule has 0 aliphatic carbocycles. The van der Waals surface area contributed by atoms with E-state index in [9.17, 15) is 5.11 Å². The number of hydrogen-bond donors (Lipinski definition) is 1. The van der Waals surface area contributed by atoms with Crippen molar-refractivity contribution in [2.45, 2.75) is 59.0 Å². The Hall–Kier alpha value is -0.820. The van der Waals surface area contributed by atoms with Gasteiger partial charge in [-0.2, -0.15) is 0 Å². The highest BCUT2D eigenvalue weighted by Crippen LogP contribution is 2.22. The molecule has 1 aromatic rings. The first kappa shape index (κ1) is 14.2. The van der Waals surface area contributed by atoms with Gasteiger partial charge in [0.15, 0.2) is 0 Å². The number of aliphatic hydroxyl groups is 1. The third kappa shape index (κ3) is 4.51. The molecule has 96 valence electrons. The predicted octanol–water partition coefficient (Wildman–Crippen LogP) is 3.93. The zero-order chi connectivity index (χ0) is 13.1. The van der Waals surface area contributed by atoms with Crippen molar-refractivity contribution in [2.24, 2.45) is 5.92 Å². The molecule has 1 atom stereocenters. The lowest BCUT2D eigenvalue weighted by atomic mass is 9.86. The Bertz CT molecular complexity index is 330. The van der Waals surface area contributed by atoms with Crippen LogP contribution in [0.25, 0.3) is 0 Å². The molecule has 0 spiro atoms. The van der Waals surface area contributed by atoms with E-state index < -0.39 is 0 Å². The third-order valence-electron chi connectivity index (χ3n) is 3.32. The average molecular weight is 234 g/mol. The fourth-order valence-electron chi connectivity index (χ4n) is 1.82. The van der Waals surface area contributed by atoms with Crippen LogP contribution in [0.3, 0.4) is 0 Å². The van der Waals surface area contributed by atoms with E-state index in [2.05, 4.69) is 58.9 Å². The molecular formula is C16H26O. The van der Waals surface area contributed by atoms with E-state index in [1.165, 1.54) is 11.1 Å². The molecule has 0 saturated carbocycles.